The minimum atomic E-state index is -0.427. The van der Waals surface area contributed by atoms with Crippen molar-refractivity contribution in [3.05, 3.63) is 0 Å². The van der Waals surface area contributed by atoms with E-state index in [1.165, 1.54) is 12.8 Å². The summed E-state index contributed by atoms with van der Waals surface area (Å²) in [6, 6.07) is 0.643. The fourth-order valence-electron chi connectivity index (χ4n) is 1.66. The predicted octanol–water partition coefficient (Wildman–Crippen LogP) is 2.29. The van der Waals surface area contributed by atoms with Gasteiger partial charge in [0, 0.05) is 18.6 Å². The molecular weight excluding hydrogens is 216 g/mol. The second kappa shape index (κ2) is 5.71. The van der Waals surface area contributed by atoms with Crippen LogP contribution in [-0.4, -0.2) is 30.3 Å². The number of rotatable bonds is 5. The molecule has 0 heterocycles. The van der Waals surface area contributed by atoms with E-state index in [2.05, 4.69) is 24.5 Å². The first-order valence-electron chi connectivity index (χ1n) is 6.51. The van der Waals surface area contributed by atoms with Crippen molar-refractivity contribution in [3.8, 4) is 0 Å². The van der Waals surface area contributed by atoms with Crippen LogP contribution in [0.2, 0.25) is 0 Å². The van der Waals surface area contributed by atoms with E-state index >= 15 is 0 Å². The Kier molecular flexibility index (Phi) is 4.80. The van der Waals surface area contributed by atoms with Crippen molar-refractivity contribution in [2.24, 2.45) is 5.92 Å². The molecular formula is C13H26N2O2. The highest BCUT2D eigenvalue weighted by molar-refractivity contribution is 5.68. The monoisotopic (exact) mass is 242 g/mol. The molecule has 1 aliphatic rings. The summed E-state index contributed by atoms with van der Waals surface area (Å²) >= 11 is 0. The molecule has 0 radical (unpaired) electrons. The van der Waals surface area contributed by atoms with Crippen LogP contribution in [0.3, 0.4) is 0 Å². The topological polar surface area (TPSA) is 50.4 Å². The molecule has 0 aromatic carbocycles. The highest BCUT2D eigenvalue weighted by Crippen LogP contribution is 2.32. The van der Waals surface area contributed by atoms with Crippen molar-refractivity contribution in [1.82, 2.24) is 10.6 Å². The third kappa shape index (κ3) is 6.51. The quantitative estimate of drug-likeness (QED) is 0.777. The van der Waals surface area contributed by atoms with Gasteiger partial charge in [0.05, 0.1) is 0 Å². The molecule has 4 heteroatoms. The molecule has 0 bridgehead atoms. The molecule has 1 amide bonds. The van der Waals surface area contributed by atoms with Gasteiger partial charge in [-0.05, 0) is 39.5 Å². The summed E-state index contributed by atoms with van der Waals surface area (Å²) in [5.74, 6) is 0.619. The Labute approximate surface area is 104 Å². The Bertz CT molecular complexity index is 255. The lowest BCUT2D eigenvalue weighted by molar-refractivity contribution is 0.0497. The summed E-state index contributed by atoms with van der Waals surface area (Å²) in [5.41, 5.74) is -0.427. The van der Waals surface area contributed by atoms with Crippen molar-refractivity contribution >= 4 is 6.09 Å². The zero-order chi connectivity index (χ0) is 13.1. The molecule has 1 unspecified atom stereocenters. The Morgan fingerprint density at radius 3 is 2.35 bits per heavy atom. The molecule has 17 heavy (non-hydrogen) atoms. The average Bonchev–Trinajstić information content (AvgIpc) is 2.91. The molecule has 0 saturated heterocycles. The highest BCUT2D eigenvalue weighted by atomic mass is 16.6. The smallest absolute Gasteiger partial charge is 0.407 e. The van der Waals surface area contributed by atoms with Crippen molar-refractivity contribution in [2.75, 3.05) is 6.54 Å². The molecule has 0 aromatic rings. The van der Waals surface area contributed by atoms with Gasteiger partial charge in [0.25, 0.3) is 0 Å². The molecule has 1 saturated carbocycles. The van der Waals surface area contributed by atoms with Crippen LogP contribution in [0, 0.1) is 5.92 Å². The molecule has 1 atom stereocenters. The lowest BCUT2D eigenvalue weighted by atomic mass is 10.1. The largest absolute Gasteiger partial charge is 0.444 e. The Balaban J connectivity index is 2.36. The van der Waals surface area contributed by atoms with Gasteiger partial charge in [-0.1, -0.05) is 13.8 Å². The van der Waals surface area contributed by atoms with E-state index in [1.807, 2.05) is 20.8 Å². The van der Waals surface area contributed by atoms with E-state index in [-0.39, 0.29) is 12.1 Å². The first-order chi connectivity index (χ1) is 7.78. The summed E-state index contributed by atoms with van der Waals surface area (Å²) in [4.78, 5) is 11.7. The van der Waals surface area contributed by atoms with E-state index in [4.69, 9.17) is 4.74 Å². The van der Waals surface area contributed by atoms with Gasteiger partial charge in [-0.3, -0.25) is 0 Å². The number of carbonyl (C=O) groups excluding carboxylic acids is 1. The van der Waals surface area contributed by atoms with Crippen LogP contribution in [0.5, 0.6) is 0 Å². The maximum atomic E-state index is 11.7. The summed E-state index contributed by atoms with van der Waals surface area (Å²) in [6.45, 7) is 10.7. The van der Waals surface area contributed by atoms with Gasteiger partial charge in [-0.15, -0.1) is 0 Å². The van der Waals surface area contributed by atoms with Gasteiger partial charge < -0.3 is 15.4 Å². The van der Waals surface area contributed by atoms with Crippen molar-refractivity contribution in [3.63, 3.8) is 0 Å². The molecule has 0 spiro atoms. The molecule has 4 nitrogen and oxygen atoms in total. The van der Waals surface area contributed by atoms with Crippen LogP contribution < -0.4 is 10.6 Å². The molecule has 2 N–H and O–H groups in total. The van der Waals surface area contributed by atoms with E-state index in [1.54, 1.807) is 0 Å². The fraction of sp³-hybridized carbons (Fsp3) is 0.923. The number of ether oxygens (including phenoxy) is 1. The third-order valence-electron chi connectivity index (χ3n) is 2.64. The number of hydrogen-bond acceptors (Lipinski definition) is 3. The number of hydrogen-bond donors (Lipinski definition) is 2. The predicted molar refractivity (Wildman–Crippen MR) is 69.0 cm³/mol. The lowest BCUT2D eigenvalue weighted by Gasteiger charge is -2.24. The maximum Gasteiger partial charge on any atom is 0.407 e. The van der Waals surface area contributed by atoms with Crippen LogP contribution in [0.1, 0.15) is 47.5 Å². The molecule has 1 rings (SSSR count). The van der Waals surface area contributed by atoms with Gasteiger partial charge in [-0.2, -0.15) is 0 Å². The van der Waals surface area contributed by atoms with Gasteiger partial charge >= 0.3 is 6.09 Å². The van der Waals surface area contributed by atoms with E-state index in [0.29, 0.717) is 12.0 Å². The van der Waals surface area contributed by atoms with Crippen LogP contribution in [0.15, 0.2) is 0 Å². The average molecular weight is 242 g/mol. The van der Waals surface area contributed by atoms with Crippen LogP contribution >= 0.6 is 0 Å². The van der Waals surface area contributed by atoms with Crippen LogP contribution in [0.4, 0.5) is 4.79 Å². The van der Waals surface area contributed by atoms with Gasteiger partial charge in [-0.25, -0.2) is 4.79 Å². The SMILES string of the molecule is CC(C)NCC(NC(=O)OC(C)(C)C)C1CC1. The molecule has 1 aliphatic carbocycles. The number of carbonyl (C=O) groups is 1. The fourth-order valence-corrected chi connectivity index (χ4v) is 1.66. The van der Waals surface area contributed by atoms with E-state index in [9.17, 15) is 4.79 Å². The van der Waals surface area contributed by atoms with Crippen molar-refractivity contribution in [1.29, 1.82) is 0 Å². The second-order valence-electron chi connectivity index (χ2n) is 6.15. The molecule has 100 valence electrons. The Morgan fingerprint density at radius 2 is 1.94 bits per heavy atom. The van der Waals surface area contributed by atoms with Crippen LogP contribution in [0.25, 0.3) is 0 Å². The number of amides is 1. The number of alkyl carbamates (subject to hydrolysis) is 1. The van der Waals surface area contributed by atoms with Crippen LogP contribution in [-0.2, 0) is 4.74 Å². The minimum Gasteiger partial charge on any atom is -0.444 e. The zero-order valence-corrected chi connectivity index (χ0v) is 11.7. The maximum absolute atomic E-state index is 11.7. The Hall–Kier alpha value is -0.770. The minimum absolute atomic E-state index is 0.201. The second-order valence-corrected chi connectivity index (χ2v) is 6.15. The van der Waals surface area contributed by atoms with Gasteiger partial charge in [0.2, 0.25) is 0 Å². The summed E-state index contributed by atoms with van der Waals surface area (Å²) in [5, 5.41) is 6.33. The van der Waals surface area contributed by atoms with E-state index in [0.717, 1.165) is 6.54 Å². The standard InChI is InChI=1S/C13H26N2O2/c1-9(2)14-8-11(10-6-7-10)15-12(16)17-13(3,4)5/h9-11,14H,6-8H2,1-5H3,(H,15,16). The normalized spacial score (nSPS) is 18.0. The zero-order valence-electron chi connectivity index (χ0n) is 11.7. The summed E-state index contributed by atoms with van der Waals surface area (Å²) < 4.78 is 5.28. The van der Waals surface area contributed by atoms with E-state index < -0.39 is 5.60 Å². The molecule has 0 aromatic heterocycles. The van der Waals surface area contributed by atoms with Gasteiger partial charge in [0.15, 0.2) is 0 Å². The number of nitrogens with one attached hydrogen (secondary N) is 2. The molecule has 1 fully saturated rings. The Morgan fingerprint density at radius 1 is 1.35 bits per heavy atom. The molecule has 0 aliphatic heterocycles. The summed E-state index contributed by atoms with van der Waals surface area (Å²) in [7, 11) is 0. The van der Waals surface area contributed by atoms with Crippen molar-refractivity contribution in [2.45, 2.75) is 65.1 Å². The first-order valence-corrected chi connectivity index (χ1v) is 6.51. The summed E-state index contributed by atoms with van der Waals surface area (Å²) in [6.07, 6.45) is 2.11. The van der Waals surface area contributed by atoms with Crippen molar-refractivity contribution < 1.29 is 9.53 Å². The first kappa shape index (κ1) is 14.3. The third-order valence-corrected chi connectivity index (χ3v) is 2.64. The highest BCUT2D eigenvalue weighted by Gasteiger charge is 2.33. The lowest BCUT2D eigenvalue weighted by Crippen LogP contribution is -2.46. The van der Waals surface area contributed by atoms with Gasteiger partial charge in [0.1, 0.15) is 5.60 Å².